The summed E-state index contributed by atoms with van der Waals surface area (Å²) in [7, 11) is 3.32. The lowest BCUT2D eigenvalue weighted by molar-refractivity contribution is 0.0941. The van der Waals surface area contributed by atoms with E-state index in [0.29, 0.717) is 5.69 Å². The highest BCUT2D eigenvalue weighted by atomic mass is 16.2. The van der Waals surface area contributed by atoms with Crippen LogP contribution in [0, 0.1) is 13.8 Å². The van der Waals surface area contributed by atoms with Gasteiger partial charge < -0.3 is 5.32 Å². The second kappa shape index (κ2) is 6.25. The first kappa shape index (κ1) is 17.6. The number of H-pyrrole nitrogens is 1. The van der Waals surface area contributed by atoms with E-state index in [9.17, 15) is 14.4 Å². The number of nitrogens with one attached hydrogen (secondary N) is 2. The van der Waals surface area contributed by atoms with Gasteiger partial charge in [-0.15, -0.1) is 0 Å². The maximum absolute atomic E-state index is 12.9. The topological polar surface area (TPSA) is 115 Å². The fourth-order valence-corrected chi connectivity index (χ4v) is 2.93. The summed E-state index contributed by atoms with van der Waals surface area (Å²) in [6.07, 6.45) is 1.70. The summed E-state index contributed by atoms with van der Waals surface area (Å²) in [5.41, 5.74) is 1.50. The summed E-state index contributed by atoms with van der Waals surface area (Å²) in [6.45, 7) is 5.46. The highest BCUT2D eigenvalue weighted by Gasteiger charge is 2.20. The minimum absolute atomic E-state index is 0.0882. The van der Waals surface area contributed by atoms with Crippen molar-refractivity contribution in [2.24, 2.45) is 14.1 Å². The van der Waals surface area contributed by atoms with Gasteiger partial charge in [-0.2, -0.15) is 5.10 Å². The van der Waals surface area contributed by atoms with Crippen LogP contribution in [0.5, 0.6) is 0 Å². The lowest BCUT2D eigenvalue weighted by Crippen LogP contribution is -2.33. The van der Waals surface area contributed by atoms with E-state index in [2.05, 4.69) is 20.4 Å². The van der Waals surface area contributed by atoms with Crippen LogP contribution in [0.25, 0.3) is 11.0 Å². The number of carbonyl (C=O) groups excluding carboxylic acids is 1. The Morgan fingerprint density at radius 3 is 2.58 bits per heavy atom. The van der Waals surface area contributed by atoms with Gasteiger partial charge in [0.05, 0.1) is 23.2 Å². The van der Waals surface area contributed by atoms with Crippen molar-refractivity contribution in [3.8, 4) is 0 Å². The van der Waals surface area contributed by atoms with Gasteiger partial charge in [-0.1, -0.05) is 0 Å². The largest absolute Gasteiger partial charge is 0.345 e. The Bertz CT molecular complexity index is 1140. The van der Waals surface area contributed by atoms with Gasteiger partial charge in [0, 0.05) is 31.0 Å². The van der Waals surface area contributed by atoms with Crippen molar-refractivity contribution in [1.29, 1.82) is 0 Å². The molecule has 3 aromatic rings. The van der Waals surface area contributed by atoms with Crippen molar-refractivity contribution < 1.29 is 4.79 Å². The number of nitrogens with zero attached hydrogens (tertiary/aromatic N) is 4. The molecule has 0 aliphatic rings. The molecular formula is C17H20N6O3. The van der Waals surface area contributed by atoms with Gasteiger partial charge in [0.15, 0.2) is 0 Å². The molecule has 9 heteroatoms. The lowest BCUT2D eigenvalue weighted by Gasteiger charge is -2.15. The first-order valence-corrected chi connectivity index (χ1v) is 8.10. The molecule has 136 valence electrons. The van der Waals surface area contributed by atoms with Crippen molar-refractivity contribution in [1.82, 2.24) is 29.6 Å². The number of pyridine rings is 1. The molecule has 2 N–H and O–H groups in total. The number of hydrogen-bond donors (Lipinski definition) is 2. The molecule has 0 spiro atoms. The van der Waals surface area contributed by atoms with Crippen LogP contribution < -0.4 is 16.6 Å². The van der Waals surface area contributed by atoms with Gasteiger partial charge in [-0.05, 0) is 26.8 Å². The molecule has 3 aromatic heterocycles. The maximum atomic E-state index is 12.9. The van der Waals surface area contributed by atoms with Crippen LogP contribution in [0.1, 0.15) is 40.3 Å². The summed E-state index contributed by atoms with van der Waals surface area (Å²) in [6, 6.07) is 1.24. The molecular weight excluding hydrogens is 336 g/mol. The van der Waals surface area contributed by atoms with Gasteiger partial charge in [-0.3, -0.25) is 23.8 Å². The van der Waals surface area contributed by atoms with Crippen LogP contribution in [0.15, 0.2) is 21.9 Å². The van der Waals surface area contributed by atoms with Crippen LogP contribution in [-0.4, -0.2) is 30.2 Å². The number of amides is 1. The SMILES string of the molecule is Cc1cc(C(=O)NC(C)c2cnn(C)c2C)c2c(=O)[nH]c(=O)n(C)c2n1. The number of aromatic amines is 1. The fraction of sp³-hybridized carbons (Fsp3) is 0.353. The van der Waals surface area contributed by atoms with E-state index >= 15 is 0 Å². The first-order chi connectivity index (χ1) is 12.2. The second-order valence-corrected chi connectivity index (χ2v) is 6.33. The monoisotopic (exact) mass is 356 g/mol. The number of carbonyl (C=O) groups is 1. The fourth-order valence-electron chi connectivity index (χ4n) is 2.93. The van der Waals surface area contributed by atoms with Crippen molar-refractivity contribution in [2.45, 2.75) is 26.8 Å². The molecule has 1 amide bonds. The van der Waals surface area contributed by atoms with E-state index in [1.807, 2.05) is 20.9 Å². The van der Waals surface area contributed by atoms with Gasteiger partial charge in [0.25, 0.3) is 11.5 Å². The molecule has 0 aromatic carbocycles. The van der Waals surface area contributed by atoms with Gasteiger partial charge >= 0.3 is 5.69 Å². The molecule has 26 heavy (non-hydrogen) atoms. The Morgan fingerprint density at radius 1 is 1.27 bits per heavy atom. The molecule has 3 rings (SSSR count). The van der Waals surface area contributed by atoms with Crippen LogP contribution in [0.3, 0.4) is 0 Å². The third-order valence-electron chi connectivity index (χ3n) is 4.53. The molecule has 3 heterocycles. The number of aryl methyl sites for hydroxylation is 3. The third-order valence-corrected chi connectivity index (χ3v) is 4.53. The van der Waals surface area contributed by atoms with Crippen LogP contribution in [0.2, 0.25) is 0 Å². The van der Waals surface area contributed by atoms with E-state index in [-0.39, 0.29) is 22.6 Å². The third kappa shape index (κ3) is 2.81. The predicted molar refractivity (Wildman–Crippen MR) is 96.2 cm³/mol. The smallest absolute Gasteiger partial charge is 0.329 e. The van der Waals surface area contributed by atoms with Gasteiger partial charge in [-0.25, -0.2) is 9.78 Å². The quantitative estimate of drug-likeness (QED) is 0.708. The summed E-state index contributed by atoms with van der Waals surface area (Å²) in [4.78, 5) is 43.4. The Balaban J connectivity index is 2.09. The zero-order valence-corrected chi connectivity index (χ0v) is 15.2. The second-order valence-electron chi connectivity index (χ2n) is 6.33. The number of rotatable bonds is 3. The summed E-state index contributed by atoms with van der Waals surface area (Å²) in [5.74, 6) is -0.416. The highest BCUT2D eigenvalue weighted by molar-refractivity contribution is 6.05. The molecule has 0 aliphatic heterocycles. The lowest BCUT2D eigenvalue weighted by atomic mass is 10.1. The Hall–Kier alpha value is -3.23. The Morgan fingerprint density at radius 2 is 1.96 bits per heavy atom. The minimum Gasteiger partial charge on any atom is -0.345 e. The van der Waals surface area contributed by atoms with E-state index in [1.165, 1.54) is 11.6 Å². The molecule has 0 fully saturated rings. The van der Waals surface area contributed by atoms with Crippen LogP contribution in [-0.2, 0) is 14.1 Å². The standard InChI is InChI=1S/C17H20N6O3/c1-8-6-11(13-14(19-8)22(4)17(26)21-16(13)25)15(24)20-9(2)12-7-18-23(5)10(12)3/h6-7,9H,1-5H3,(H,20,24)(H,21,25,26). The summed E-state index contributed by atoms with van der Waals surface area (Å²) < 4.78 is 2.94. The van der Waals surface area contributed by atoms with Gasteiger partial charge in [0.2, 0.25) is 0 Å². The normalized spacial score (nSPS) is 12.3. The van der Waals surface area contributed by atoms with Crippen molar-refractivity contribution in [2.75, 3.05) is 0 Å². The maximum Gasteiger partial charge on any atom is 0.329 e. The minimum atomic E-state index is -0.633. The van der Waals surface area contributed by atoms with E-state index in [4.69, 9.17) is 0 Å². The molecule has 0 aliphatic carbocycles. The Labute approximate surface area is 148 Å². The van der Waals surface area contributed by atoms with Crippen LogP contribution in [0.4, 0.5) is 0 Å². The molecule has 1 unspecified atom stereocenters. The molecule has 0 saturated heterocycles. The number of aromatic nitrogens is 5. The molecule has 0 saturated carbocycles. The molecule has 0 radical (unpaired) electrons. The summed E-state index contributed by atoms with van der Waals surface area (Å²) in [5, 5.41) is 7.15. The van der Waals surface area contributed by atoms with Crippen molar-refractivity contribution in [3.63, 3.8) is 0 Å². The number of fused-ring (bicyclic) bond motifs is 1. The summed E-state index contributed by atoms with van der Waals surface area (Å²) >= 11 is 0. The first-order valence-electron chi connectivity index (χ1n) is 8.10. The van der Waals surface area contributed by atoms with E-state index in [0.717, 1.165) is 11.3 Å². The van der Waals surface area contributed by atoms with E-state index in [1.54, 1.807) is 23.9 Å². The van der Waals surface area contributed by atoms with E-state index < -0.39 is 17.2 Å². The zero-order chi connectivity index (χ0) is 19.2. The molecule has 0 bridgehead atoms. The highest BCUT2D eigenvalue weighted by Crippen LogP contribution is 2.18. The van der Waals surface area contributed by atoms with Crippen molar-refractivity contribution in [3.05, 3.63) is 55.6 Å². The molecule has 1 atom stereocenters. The van der Waals surface area contributed by atoms with Gasteiger partial charge in [0.1, 0.15) is 5.65 Å². The Kier molecular flexibility index (Phi) is 4.23. The zero-order valence-electron chi connectivity index (χ0n) is 15.2. The average molecular weight is 356 g/mol. The van der Waals surface area contributed by atoms with Crippen molar-refractivity contribution >= 4 is 16.9 Å². The average Bonchev–Trinajstić information content (AvgIpc) is 2.91. The number of hydrogen-bond acceptors (Lipinski definition) is 5. The van der Waals surface area contributed by atoms with Crippen LogP contribution >= 0.6 is 0 Å². The molecule has 9 nitrogen and oxygen atoms in total. The predicted octanol–water partition coefficient (Wildman–Crippen LogP) is 0.463.